The number of nitrogens with one attached hydrogen (secondary N) is 2. The highest BCUT2D eigenvalue weighted by Crippen LogP contribution is 2.51. The molecular weight excluding hydrogens is 451 g/mol. The molecule has 1 aromatic carbocycles. The topological polar surface area (TPSA) is 48.9 Å². The van der Waals surface area contributed by atoms with Crippen LogP contribution in [-0.4, -0.2) is 44.8 Å². The predicted octanol–water partition coefficient (Wildman–Crippen LogP) is 3.55. The summed E-state index contributed by atoms with van der Waals surface area (Å²) in [6, 6.07) is 9.11. The zero-order chi connectivity index (χ0) is 18.8. The molecule has 1 fully saturated rings. The Kier molecular flexibility index (Phi) is 7.19. The molecule has 1 heterocycles. The van der Waals surface area contributed by atoms with Crippen molar-refractivity contribution in [1.29, 1.82) is 0 Å². The lowest BCUT2D eigenvalue weighted by molar-refractivity contribution is -0.176. The fraction of sp³-hybridized carbons (Fsp3) is 0.571. The number of hydrogen-bond donors (Lipinski definition) is 2. The van der Waals surface area contributed by atoms with Crippen molar-refractivity contribution in [3.63, 3.8) is 0 Å². The fourth-order valence-electron chi connectivity index (χ4n) is 3.78. The first-order valence-electron chi connectivity index (χ1n) is 9.41. The van der Waals surface area contributed by atoms with Gasteiger partial charge in [-0.15, -0.1) is 24.0 Å². The van der Waals surface area contributed by atoms with Gasteiger partial charge in [0.2, 0.25) is 0 Å². The van der Waals surface area contributed by atoms with Gasteiger partial charge >= 0.3 is 0 Å². The van der Waals surface area contributed by atoms with Gasteiger partial charge in [-0.1, -0.05) is 38.1 Å². The normalized spacial score (nSPS) is 26.3. The highest BCUT2D eigenvalue weighted by molar-refractivity contribution is 14.0. The van der Waals surface area contributed by atoms with Gasteiger partial charge in [0, 0.05) is 50.9 Å². The van der Waals surface area contributed by atoms with E-state index in [2.05, 4.69) is 77.7 Å². The van der Waals surface area contributed by atoms with Crippen LogP contribution in [0.15, 0.2) is 41.4 Å². The SMILES string of the molecule is CN=C(NCc1ccc(N2CC=CC2)cc1)NC1CC(C)(OC)C1(C)C.I. The lowest BCUT2D eigenvalue weighted by atomic mass is 9.56. The molecular formula is C21H33IN4O. The molecule has 2 aliphatic rings. The summed E-state index contributed by atoms with van der Waals surface area (Å²) >= 11 is 0. The van der Waals surface area contributed by atoms with Crippen LogP contribution in [0.1, 0.15) is 32.8 Å². The van der Waals surface area contributed by atoms with Crippen LogP contribution in [-0.2, 0) is 11.3 Å². The van der Waals surface area contributed by atoms with Crippen LogP contribution in [0.3, 0.4) is 0 Å². The van der Waals surface area contributed by atoms with Gasteiger partial charge in [-0.25, -0.2) is 0 Å². The zero-order valence-electron chi connectivity index (χ0n) is 17.1. The Labute approximate surface area is 180 Å². The van der Waals surface area contributed by atoms with Crippen molar-refractivity contribution >= 4 is 35.6 Å². The Bertz CT molecular complexity index is 678. The van der Waals surface area contributed by atoms with Crippen LogP contribution >= 0.6 is 24.0 Å². The summed E-state index contributed by atoms with van der Waals surface area (Å²) in [6.45, 7) is 9.44. The maximum Gasteiger partial charge on any atom is 0.191 e. The number of rotatable bonds is 5. The number of halogens is 1. The van der Waals surface area contributed by atoms with E-state index in [-0.39, 0.29) is 35.0 Å². The summed E-state index contributed by atoms with van der Waals surface area (Å²) in [5, 5.41) is 6.98. The van der Waals surface area contributed by atoms with Crippen molar-refractivity contribution in [2.24, 2.45) is 10.4 Å². The summed E-state index contributed by atoms with van der Waals surface area (Å²) in [5.74, 6) is 0.842. The lowest BCUT2D eigenvalue weighted by Gasteiger charge is -2.59. The summed E-state index contributed by atoms with van der Waals surface area (Å²) in [6.07, 6.45) is 5.40. The molecule has 1 aliphatic carbocycles. The van der Waals surface area contributed by atoms with Crippen LogP contribution in [0, 0.1) is 5.41 Å². The number of guanidine groups is 1. The van der Waals surface area contributed by atoms with Crippen molar-refractivity contribution in [2.75, 3.05) is 32.1 Å². The third-order valence-corrected chi connectivity index (χ3v) is 6.39. The Hall–Kier alpha value is -1.28. The molecule has 2 N–H and O–H groups in total. The number of ether oxygens (including phenoxy) is 1. The molecule has 0 spiro atoms. The van der Waals surface area contributed by atoms with Crippen molar-refractivity contribution in [3.8, 4) is 0 Å². The minimum Gasteiger partial charge on any atom is -0.378 e. The maximum absolute atomic E-state index is 5.71. The first-order valence-corrected chi connectivity index (χ1v) is 9.41. The monoisotopic (exact) mass is 484 g/mol. The van der Waals surface area contributed by atoms with Crippen molar-refractivity contribution in [3.05, 3.63) is 42.0 Å². The van der Waals surface area contributed by atoms with Crippen LogP contribution in [0.5, 0.6) is 0 Å². The van der Waals surface area contributed by atoms with E-state index < -0.39 is 0 Å². The van der Waals surface area contributed by atoms with Gasteiger partial charge in [-0.05, 0) is 31.0 Å². The molecule has 2 atom stereocenters. The minimum absolute atomic E-state index is 0. The average Bonchev–Trinajstić information content (AvgIpc) is 3.19. The molecule has 150 valence electrons. The van der Waals surface area contributed by atoms with Gasteiger partial charge in [0.1, 0.15) is 0 Å². The van der Waals surface area contributed by atoms with E-state index in [4.69, 9.17) is 4.74 Å². The standard InChI is InChI=1S/C21H32N4O.HI/c1-20(2)18(14-21(20,3)26-5)24-19(22-4)23-15-16-8-10-17(11-9-16)25-12-6-7-13-25;/h6-11,18H,12-15H2,1-5H3,(H2,22,23,24);1H. The van der Waals surface area contributed by atoms with Crippen molar-refractivity contribution in [2.45, 2.75) is 45.4 Å². The molecule has 1 aliphatic heterocycles. The second-order valence-corrected chi connectivity index (χ2v) is 8.03. The van der Waals surface area contributed by atoms with Crippen LogP contribution in [0.25, 0.3) is 0 Å². The Morgan fingerprint density at radius 3 is 2.33 bits per heavy atom. The lowest BCUT2D eigenvalue weighted by Crippen LogP contribution is -2.69. The van der Waals surface area contributed by atoms with Gasteiger partial charge in [0.25, 0.3) is 0 Å². The van der Waals surface area contributed by atoms with Crippen molar-refractivity contribution < 1.29 is 4.74 Å². The number of benzene rings is 1. The van der Waals surface area contributed by atoms with Crippen molar-refractivity contribution in [1.82, 2.24) is 10.6 Å². The fourth-order valence-corrected chi connectivity index (χ4v) is 3.78. The first kappa shape index (κ1) is 22.0. The summed E-state index contributed by atoms with van der Waals surface area (Å²) in [5.41, 5.74) is 2.50. The summed E-state index contributed by atoms with van der Waals surface area (Å²) in [7, 11) is 3.62. The van der Waals surface area contributed by atoms with E-state index in [1.807, 2.05) is 7.05 Å². The van der Waals surface area contributed by atoms with Crippen LogP contribution in [0.2, 0.25) is 0 Å². The maximum atomic E-state index is 5.71. The molecule has 0 aromatic heterocycles. The highest BCUT2D eigenvalue weighted by atomic mass is 127. The van der Waals surface area contributed by atoms with Gasteiger partial charge < -0.3 is 20.3 Å². The van der Waals surface area contributed by atoms with Gasteiger partial charge in [0.15, 0.2) is 5.96 Å². The molecule has 0 saturated heterocycles. The molecule has 5 nitrogen and oxygen atoms in total. The third kappa shape index (κ3) is 4.42. The minimum atomic E-state index is -0.0796. The van der Waals surface area contributed by atoms with Crippen LogP contribution in [0.4, 0.5) is 5.69 Å². The summed E-state index contributed by atoms with van der Waals surface area (Å²) < 4.78 is 5.71. The molecule has 1 saturated carbocycles. The van der Waals surface area contributed by atoms with Gasteiger partial charge in [-0.3, -0.25) is 4.99 Å². The number of hydrogen-bond acceptors (Lipinski definition) is 3. The number of anilines is 1. The molecule has 0 radical (unpaired) electrons. The van der Waals surface area contributed by atoms with E-state index in [9.17, 15) is 0 Å². The largest absolute Gasteiger partial charge is 0.378 e. The van der Waals surface area contributed by atoms with E-state index in [1.54, 1.807) is 7.11 Å². The number of methoxy groups -OCH3 is 1. The Morgan fingerprint density at radius 2 is 1.81 bits per heavy atom. The van der Waals surface area contributed by atoms with Gasteiger partial charge in [0.05, 0.1) is 5.60 Å². The molecule has 3 rings (SSSR count). The van der Waals surface area contributed by atoms with E-state index in [0.717, 1.165) is 32.0 Å². The first-order chi connectivity index (χ1) is 12.4. The Morgan fingerprint density at radius 1 is 1.19 bits per heavy atom. The number of aliphatic imine (C=N–C) groups is 1. The van der Waals surface area contributed by atoms with Crippen LogP contribution < -0.4 is 15.5 Å². The number of nitrogens with zero attached hydrogens (tertiary/aromatic N) is 2. The molecule has 2 unspecified atom stereocenters. The smallest absolute Gasteiger partial charge is 0.191 e. The summed E-state index contributed by atoms with van der Waals surface area (Å²) in [4.78, 5) is 6.73. The second kappa shape index (κ2) is 8.82. The predicted molar refractivity (Wildman–Crippen MR) is 124 cm³/mol. The third-order valence-electron chi connectivity index (χ3n) is 6.39. The van der Waals surface area contributed by atoms with E-state index >= 15 is 0 Å². The molecule has 0 amide bonds. The highest BCUT2D eigenvalue weighted by Gasteiger charge is 2.58. The molecule has 6 heteroatoms. The quantitative estimate of drug-likeness (QED) is 0.291. The molecule has 0 bridgehead atoms. The van der Waals surface area contributed by atoms with Gasteiger partial charge in [-0.2, -0.15) is 0 Å². The molecule has 1 aromatic rings. The second-order valence-electron chi connectivity index (χ2n) is 8.03. The van der Waals surface area contributed by atoms with E-state index in [0.29, 0.717) is 6.04 Å². The average molecular weight is 484 g/mol. The zero-order valence-corrected chi connectivity index (χ0v) is 19.4. The molecule has 27 heavy (non-hydrogen) atoms. The van der Waals surface area contributed by atoms with E-state index in [1.165, 1.54) is 11.3 Å². The Balaban J connectivity index is 0.00000261.